The molecule has 0 N–H and O–H groups in total. The van der Waals surface area contributed by atoms with E-state index in [2.05, 4.69) is 0 Å². The summed E-state index contributed by atoms with van der Waals surface area (Å²) in [5.41, 5.74) is 1.97. The molecule has 1 amide bonds. The summed E-state index contributed by atoms with van der Waals surface area (Å²) in [6, 6.07) is 18.5. The van der Waals surface area contributed by atoms with Gasteiger partial charge in [-0.25, -0.2) is 8.78 Å². The number of ether oxygens (including phenoxy) is 1. The van der Waals surface area contributed by atoms with Gasteiger partial charge in [0.15, 0.2) is 0 Å². The van der Waals surface area contributed by atoms with E-state index in [-0.39, 0.29) is 24.4 Å². The Kier molecular flexibility index (Phi) is 6.20. The van der Waals surface area contributed by atoms with Gasteiger partial charge in [-0.05, 0) is 53.6 Å². The van der Waals surface area contributed by atoms with Crippen LogP contribution >= 0.6 is 0 Å². The predicted octanol–water partition coefficient (Wildman–Crippen LogP) is 4.69. The van der Waals surface area contributed by atoms with E-state index in [0.717, 1.165) is 11.6 Å². The normalized spacial score (nSPS) is 10.3. The fourth-order valence-corrected chi connectivity index (χ4v) is 2.98. The average molecular weight is 392 g/mol. The van der Waals surface area contributed by atoms with Gasteiger partial charge in [0, 0.05) is 13.1 Å². The largest absolute Gasteiger partial charge is 0.496 e. The molecule has 0 aliphatic carbocycles. The number of carbonyl (C=O) groups is 1. The predicted molar refractivity (Wildman–Crippen MR) is 104 cm³/mol. The first-order valence-corrected chi connectivity index (χ1v) is 8.86. The quantitative estimate of drug-likeness (QED) is 0.612. The Labute approximate surface area is 167 Å². The molecule has 0 atom stereocenters. The van der Waals surface area contributed by atoms with Crippen LogP contribution in [0.4, 0.5) is 8.78 Å². The number of rotatable bonds is 6. The van der Waals surface area contributed by atoms with Gasteiger partial charge in [-0.15, -0.1) is 0 Å². The SMILES string of the molecule is COc1ccc(F)cc1C(=O)N(Cc1ccc(C#N)cc1)Cc1cccc(F)c1. The molecule has 0 aliphatic heterocycles. The van der Waals surface area contributed by atoms with Crippen LogP contribution in [0.25, 0.3) is 0 Å². The number of nitriles is 1. The van der Waals surface area contributed by atoms with Crippen molar-refractivity contribution in [3.05, 3.63) is 101 Å². The molecule has 3 aromatic carbocycles. The van der Waals surface area contributed by atoms with Crippen molar-refractivity contribution >= 4 is 5.91 Å². The fourth-order valence-electron chi connectivity index (χ4n) is 2.98. The molecule has 0 aromatic heterocycles. The van der Waals surface area contributed by atoms with Gasteiger partial charge in [0.25, 0.3) is 5.91 Å². The fraction of sp³-hybridized carbons (Fsp3) is 0.130. The number of benzene rings is 3. The lowest BCUT2D eigenvalue weighted by molar-refractivity contribution is 0.0726. The molecule has 0 unspecified atom stereocenters. The molecule has 6 heteroatoms. The molecule has 3 rings (SSSR count). The van der Waals surface area contributed by atoms with Crippen molar-refractivity contribution in [2.75, 3.05) is 7.11 Å². The van der Waals surface area contributed by atoms with Crippen molar-refractivity contribution in [2.45, 2.75) is 13.1 Å². The maximum atomic E-state index is 13.8. The van der Waals surface area contributed by atoms with E-state index in [0.29, 0.717) is 11.1 Å². The molecule has 0 bridgehead atoms. The highest BCUT2D eigenvalue weighted by molar-refractivity contribution is 5.97. The lowest BCUT2D eigenvalue weighted by Crippen LogP contribution is -2.30. The van der Waals surface area contributed by atoms with Crippen LogP contribution in [-0.2, 0) is 13.1 Å². The van der Waals surface area contributed by atoms with Crippen molar-refractivity contribution in [1.82, 2.24) is 4.90 Å². The monoisotopic (exact) mass is 392 g/mol. The van der Waals surface area contributed by atoms with Crippen LogP contribution in [0.15, 0.2) is 66.7 Å². The smallest absolute Gasteiger partial charge is 0.258 e. The second kappa shape index (κ2) is 8.98. The highest BCUT2D eigenvalue weighted by atomic mass is 19.1. The van der Waals surface area contributed by atoms with E-state index in [4.69, 9.17) is 10.00 Å². The summed E-state index contributed by atoms with van der Waals surface area (Å²) in [6.45, 7) is 0.316. The van der Waals surface area contributed by atoms with Crippen LogP contribution in [0.3, 0.4) is 0 Å². The highest BCUT2D eigenvalue weighted by Gasteiger charge is 2.21. The van der Waals surface area contributed by atoms with E-state index in [9.17, 15) is 13.6 Å². The number of amides is 1. The van der Waals surface area contributed by atoms with Crippen LogP contribution in [-0.4, -0.2) is 17.9 Å². The number of hydrogen-bond donors (Lipinski definition) is 0. The summed E-state index contributed by atoms with van der Waals surface area (Å²) < 4.78 is 32.6. The van der Waals surface area contributed by atoms with Crippen molar-refractivity contribution in [3.8, 4) is 11.8 Å². The molecular weight excluding hydrogens is 374 g/mol. The van der Waals surface area contributed by atoms with Gasteiger partial charge in [-0.3, -0.25) is 4.79 Å². The third kappa shape index (κ3) is 4.96. The second-order valence-electron chi connectivity index (χ2n) is 6.44. The van der Waals surface area contributed by atoms with Crippen LogP contribution in [0.2, 0.25) is 0 Å². The van der Waals surface area contributed by atoms with Gasteiger partial charge in [-0.2, -0.15) is 5.26 Å². The van der Waals surface area contributed by atoms with E-state index >= 15 is 0 Å². The Hall–Kier alpha value is -3.72. The number of halogens is 2. The molecule has 0 saturated heterocycles. The maximum absolute atomic E-state index is 13.8. The third-order valence-corrected chi connectivity index (χ3v) is 4.40. The molecule has 3 aromatic rings. The molecule has 0 heterocycles. The summed E-state index contributed by atoms with van der Waals surface area (Å²) >= 11 is 0. The maximum Gasteiger partial charge on any atom is 0.258 e. The molecule has 0 radical (unpaired) electrons. The van der Waals surface area contributed by atoms with Gasteiger partial charge in [0.05, 0.1) is 24.3 Å². The van der Waals surface area contributed by atoms with Crippen molar-refractivity contribution in [2.24, 2.45) is 0 Å². The average Bonchev–Trinajstić information content (AvgIpc) is 2.73. The number of nitrogens with zero attached hydrogens (tertiary/aromatic N) is 2. The first-order chi connectivity index (χ1) is 14.0. The Balaban J connectivity index is 1.96. The first kappa shape index (κ1) is 20.0. The minimum Gasteiger partial charge on any atom is -0.496 e. The lowest BCUT2D eigenvalue weighted by Gasteiger charge is -2.24. The zero-order valence-electron chi connectivity index (χ0n) is 15.7. The minimum atomic E-state index is -0.557. The molecule has 0 saturated carbocycles. The zero-order valence-corrected chi connectivity index (χ0v) is 15.7. The van der Waals surface area contributed by atoms with Crippen LogP contribution in [0, 0.1) is 23.0 Å². The lowest BCUT2D eigenvalue weighted by atomic mass is 10.1. The number of hydrogen-bond acceptors (Lipinski definition) is 3. The molecular formula is C23H18F2N2O2. The summed E-state index contributed by atoms with van der Waals surface area (Å²) in [7, 11) is 1.40. The minimum absolute atomic E-state index is 0.0811. The van der Waals surface area contributed by atoms with E-state index in [1.165, 1.54) is 36.3 Å². The molecule has 0 fully saturated rings. The van der Waals surface area contributed by atoms with Crippen molar-refractivity contribution < 1.29 is 18.3 Å². The van der Waals surface area contributed by atoms with Crippen LogP contribution in [0.5, 0.6) is 5.75 Å². The summed E-state index contributed by atoms with van der Waals surface area (Å²) in [4.78, 5) is 14.7. The molecule has 4 nitrogen and oxygen atoms in total. The van der Waals surface area contributed by atoms with Gasteiger partial charge in [0.1, 0.15) is 17.4 Å². The second-order valence-corrected chi connectivity index (χ2v) is 6.44. The Morgan fingerprint density at radius 3 is 2.31 bits per heavy atom. The zero-order chi connectivity index (χ0) is 20.8. The van der Waals surface area contributed by atoms with Gasteiger partial charge >= 0.3 is 0 Å². The standard InChI is InChI=1S/C23H18F2N2O2/c1-29-22-10-9-20(25)12-21(22)23(28)27(15-18-3-2-4-19(24)11-18)14-17-7-5-16(13-26)6-8-17/h2-12H,14-15H2,1H3. The Bertz CT molecular complexity index is 1060. The topological polar surface area (TPSA) is 53.3 Å². The first-order valence-electron chi connectivity index (χ1n) is 8.86. The van der Waals surface area contributed by atoms with Gasteiger partial charge < -0.3 is 9.64 Å². The van der Waals surface area contributed by atoms with Gasteiger partial charge in [0.2, 0.25) is 0 Å². The molecule has 0 spiro atoms. The van der Waals surface area contributed by atoms with Gasteiger partial charge in [-0.1, -0.05) is 24.3 Å². The van der Waals surface area contributed by atoms with Crippen LogP contribution < -0.4 is 4.74 Å². The number of carbonyl (C=O) groups excluding carboxylic acids is 1. The van der Waals surface area contributed by atoms with Crippen LogP contribution in [0.1, 0.15) is 27.0 Å². The summed E-state index contributed by atoms with van der Waals surface area (Å²) in [5.74, 6) is -1.16. The molecule has 29 heavy (non-hydrogen) atoms. The third-order valence-electron chi connectivity index (χ3n) is 4.40. The Morgan fingerprint density at radius 2 is 1.66 bits per heavy atom. The summed E-state index contributed by atoms with van der Waals surface area (Å²) in [6.07, 6.45) is 0. The Morgan fingerprint density at radius 1 is 0.966 bits per heavy atom. The van der Waals surface area contributed by atoms with E-state index < -0.39 is 17.5 Å². The summed E-state index contributed by atoms with van der Waals surface area (Å²) in [5, 5.41) is 8.95. The van der Waals surface area contributed by atoms with Crippen molar-refractivity contribution in [3.63, 3.8) is 0 Å². The van der Waals surface area contributed by atoms with E-state index in [1.54, 1.807) is 36.4 Å². The van der Waals surface area contributed by atoms with Crippen molar-refractivity contribution in [1.29, 1.82) is 5.26 Å². The molecule has 146 valence electrons. The molecule has 0 aliphatic rings. The number of methoxy groups -OCH3 is 1. The highest BCUT2D eigenvalue weighted by Crippen LogP contribution is 2.23. The van der Waals surface area contributed by atoms with E-state index in [1.807, 2.05) is 6.07 Å².